The highest BCUT2D eigenvalue weighted by Gasteiger charge is 2.40. The van der Waals surface area contributed by atoms with E-state index in [1.807, 2.05) is 0 Å². The van der Waals surface area contributed by atoms with Crippen LogP contribution in [0.1, 0.15) is 52.4 Å². The second-order valence-electron chi connectivity index (χ2n) is 6.88. The number of carboxylic acid groups (broad SMARTS) is 1. The van der Waals surface area contributed by atoms with Crippen molar-refractivity contribution in [3.05, 3.63) is 0 Å². The molecule has 0 aromatic heterocycles. The molecule has 0 bridgehead atoms. The van der Waals surface area contributed by atoms with E-state index in [-0.39, 0.29) is 12.0 Å². The van der Waals surface area contributed by atoms with Crippen LogP contribution < -0.4 is 0 Å². The zero-order valence-corrected chi connectivity index (χ0v) is 12.6. The largest absolute Gasteiger partial charge is 0.481 e. The average molecular weight is 268 g/mol. The van der Waals surface area contributed by atoms with Crippen molar-refractivity contribution in [2.24, 2.45) is 0 Å². The van der Waals surface area contributed by atoms with Crippen LogP contribution in [0.25, 0.3) is 0 Å². The predicted octanol–water partition coefficient (Wildman–Crippen LogP) is 2.19. The van der Waals surface area contributed by atoms with Gasteiger partial charge in [-0.15, -0.1) is 0 Å². The van der Waals surface area contributed by atoms with Crippen LogP contribution in [0.3, 0.4) is 0 Å². The molecule has 1 heterocycles. The number of aliphatic carboxylic acids is 1. The highest BCUT2D eigenvalue weighted by molar-refractivity contribution is 5.66. The topological polar surface area (TPSA) is 43.8 Å². The monoisotopic (exact) mass is 268 g/mol. The summed E-state index contributed by atoms with van der Waals surface area (Å²) in [6.07, 6.45) is 6.41. The average Bonchev–Trinajstić information content (AvgIpc) is 2.84. The molecule has 0 amide bonds. The van der Waals surface area contributed by atoms with E-state index in [1.165, 1.54) is 25.7 Å². The maximum absolute atomic E-state index is 10.8. The van der Waals surface area contributed by atoms with Gasteiger partial charge < -0.3 is 5.11 Å². The van der Waals surface area contributed by atoms with E-state index < -0.39 is 5.97 Å². The van der Waals surface area contributed by atoms with Crippen molar-refractivity contribution in [1.82, 2.24) is 9.80 Å². The number of nitrogens with zero attached hydrogens (tertiary/aromatic N) is 2. The Labute approximate surface area is 116 Å². The van der Waals surface area contributed by atoms with Crippen LogP contribution in [-0.4, -0.2) is 58.6 Å². The number of likely N-dealkylation sites (N-methyl/N-ethyl adjacent to an activating group) is 1. The third kappa shape index (κ3) is 3.48. The number of rotatable bonds is 4. The molecule has 1 aliphatic carbocycles. The molecule has 1 unspecified atom stereocenters. The van der Waals surface area contributed by atoms with Crippen molar-refractivity contribution in [2.75, 3.05) is 20.1 Å². The molecule has 2 fully saturated rings. The summed E-state index contributed by atoms with van der Waals surface area (Å²) in [6, 6.07) is 1.11. The fourth-order valence-corrected chi connectivity index (χ4v) is 3.68. The summed E-state index contributed by atoms with van der Waals surface area (Å²) in [7, 11) is 2.15. The van der Waals surface area contributed by atoms with Crippen molar-refractivity contribution in [2.45, 2.75) is 70.0 Å². The molecule has 0 aromatic carbocycles. The Hall–Kier alpha value is -0.610. The van der Waals surface area contributed by atoms with Gasteiger partial charge in [0.1, 0.15) is 0 Å². The minimum atomic E-state index is -0.677. The van der Waals surface area contributed by atoms with Crippen LogP contribution in [0, 0.1) is 0 Å². The van der Waals surface area contributed by atoms with E-state index >= 15 is 0 Å². The van der Waals surface area contributed by atoms with E-state index in [9.17, 15) is 4.79 Å². The van der Waals surface area contributed by atoms with E-state index in [0.29, 0.717) is 6.04 Å². The molecule has 19 heavy (non-hydrogen) atoms. The van der Waals surface area contributed by atoms with E-state index in [4.69, 9.17) is 5.11 Å². The molecule has 1 saturated carbocycles. The fraction of sp³-hybridized carbons (Fsp3) is 0.933. The summed E-state index contributed by atoms with van der Waals surface area (Å²) in [6.45, 7) is 6.71. The SMILES string of the molecule is CN1C(CCC(=O)O)CN(C2CCCC2)CC1(C)C. The summed E-state index contributed by atoms with van der Waals surface area (Å²) < 4.78 is 0. The molecular weight excluding hydrogens is 240 g/mol. The zero-order valence-electron chi connectivity index (χ0n) is 12.6. The third-order valence-electron chi connectivity index (χ3n) is 5.07. The van der Waals surface area contributed by atoms with Crippen molar-refractivity contribution in [3.8, 4) is 0 Å². The van der Waals surface area contributed by atoms with Gasteiger partial charge in [0.2, 0.25) is 0 Å². The Morgan fingerprint density at radius 3 is 2.53 bits per heavy atom. The first-order valence-electron chi connectivity index (χ1n) is 7.59. The van der Waals surface area contributed by atoms with Crippen molar-refractivity contribution in [3.63, 3.8) is 0 Å². The number of hydrogen-bond donors (Lipinski definition) is 1. The molecule has 1 saturated heterocycles. The first-order chi connectivity index (χ1) is 8.90. The van der Waals surface area contributed by atoms with Gasteiger partial charge in [-0.05, 0) is 40.2 Å². The number of carboxylic acids is 1. The minimum absolute atomic E-state index is 0.143. The molecule has 4 nitrogen and oxygen atoms in total. The molecular formula is C15H28N2O2. The van der Waals surface area contributed by atoms with Gasteiger partial charge in [-0.3, -0.25) is 14.6 Å². The fourth-order valence-electron chi connectivity index (χ4n) is 3.68. The molecule has 110 valence electrons. The zero-order chi connectivity index (χ0) is 14.0. The second kappa shape index (κ2) is 5.80. The maximum Gasteiger partial charge on any atom is 0.303 e. The van der Waals surface area contributed by atoms with Crippen LogP contribution in [0.4, 0.5) is 0 Å². The molecule has 2 rings (SSSR count). The molecule has 0 radical (unpaired) electrons. The highest BCUT2D eigenvalue weighted by Crippen LogP contribution is 2.31. The molecule has 1 N–H and O–H groups in total. The Balaban J connectivity index is 2.02. The number of piperazine rings is 1. The van der Waals surface area contributed by atoms with Crippen LogP contribution >= 0.6 is 0 Å². The van der Waals surface area contributed by atoms with Gasteiger partial charge >= 0.3 is 5.97 Å². The maximum atomic E-state index is 10.8. The van der Waals surface area contributed by atoms with Gasteiger partial charge in [-0.1, -0.05) is 12.8 Å². The lowest BCUT2D eigenvalue weighted by atomic mass is 9.92. The Morgan fingerprint density at radius 1 is 1.32 bits per heavy atom. The Morgan fingerprint density at radius 2 is 1.95 bits per heavy atom. The molecule has 4 heteroatoms. The summed E-state index contributed by atoms with van der Waals surface area (Å²) >= 11 is 0. The first kappa shape index (κ1) is 14.8. The lowest BCUT2D eigenvalue weighted by molar-refractivity contribution is -0.137. The van der Waals surface area contributed by atoms with Gasteiger partial charge in [-0.25, -0.2) is 0 Å². The van der Waals surface area contributed by atoms with Gasteiger partial charge in [0.05, 0.1) is 0 Å². The lowest BCUT2D eigenvalue weighted by Gasteiger charge is -2.52. The summed E-state index contributed by atoms with van der Waals surface area (Å²) in [5, 5.41) is 8.91. The van der Waals surface area contributed by atoms with Crippen molar-refractivity contribution >= 4 is 5.97 Å². The summed E-state index contributed by atoms with van der Waals surface area (Å²) in [5.41, 5.74) is 0.143. The smallest absolute Gasteiger partial charge is 0.303 e. The quantitative estimate of drug-likeness (QED) is 0.849. The van der Waals surface area contributed by atoms with Gasteiger partial charge in [0, 0.05) is 37.1 Å². The van der Waals surface area contributed by atoms with Crippen LogP contribution in [-0.2, 0) is 4.79 Å². The predicted molar refractivity (Wildman–Crippen MR) is 76.3 cm³/mol. The second-order valence-corrected chi connectivity index (χ2v) is 6.88. The molecule has 1 atom stereocenters. The Kier molecular flexibility index (Phi) is 4.51. The van der Waals surface area contributed by atoms with E-state index in [0.717, 1.165) is 25.6 Å². The van der Waals surface area contributed by atoms with Gasteiger partial charge in [-0.2, -0.15) is 0 Å². The minimum Gasteiger partial charge on any atom is -0.481 e. The first-order valence-corrected chi connectivity index (χ1v) is 7.59. The highest BCUT2D eigenvalue weighted by atomic mass is 16.4. The molecule has 0 aromatic rings. The van der Waals surface area contributed by atoms with Crippen LogP contribution in [0.5, 0.6) is 0 Å². The molecule has 2 aliphatic rings. The summed E-state index contributed by atoms with van der Waals surface area (Å²) in [4.78, 5) is 15.8. The van der Waals surface area contributed by atoms with Gasteiger partial charge in [0.25, 0.3) is 0 Å². The van der Waals surface area contributed by atoms with E-state index in [1.54, 1.807) is 0 Å². The van der Waals surface area contributed by atoms with Gasteiger partial charge in [0.15, 0.2) is 0 Å². The Bertz CT molecular complexity index is 324. The van der Waals surface area contributed by atoms with Crippen LogP contribution in [0.15, 0.2) is 0 Å². The summed E-state index contributed by atoms with van der Waals surface area (Å²) in [5.74, 6) is -0.677. The standard InChI is InChI=1S/C15H28N2O2/c1-15(2)11-17(12-6-4-5-7-12)10-13(16(15)3)8-9-14(18)19/h12-13H,4-11H2,1-3H3,(H,18,19). The normalized spacial score (nSPS) is 29.7. The number of carbonyl (C=O) groups is 1. The molecule has 0 spiro atoms. The van der Waals surface area contributed by atoms with Crippen molar-refractivity contribution in [1.29, 1.82) is 0 Å². The molecule has 1 aliphatic heterocycles. The third-order valence-corrected chi connectivity index (χ3v) is 5.07. The van der Waals surface area contributed by atoms with E-state index in [2.05, 4.69) is 30.7 Å². The number of hydrogen-bond acceptors (Lipinski definition) is 3. The lowest BCUT2D eigenvalue weighted by Crippen LogP contribution is -2.63. The van der Waals surface area contributed by atoms with Crippen LogP contribution in [0.2, 0.25) is 0 Å². The van der Waals surface area contributed by atoms with Crippen molar-refractivity contribution < 1.29 is 9.90 Å².